The van der Waals surface area contributed by atoms with Gasteiger partial charge in [0.05, 0.1) is 27.7 Å². The van der Waals surface area contributed by atoms with Crippen LogP contribution in [0.1, 0.15) is 11.1 Å². The van der Waals surface area contributed by atoms with Crippen LogP contribution in [0.3, 0.4) is 0 Å². The first kappa shape index (κ1) is 21.6. The maximum atomic E-state index is 12.1. The zero-order valence-corrected chi connectivity index (χ0v) is 17.3. The maximum Gasteiger partial charge on any atom is 0.301 e. The van der Waals surface area contributed by atoms with Gasteiger partial charge in [-0.2, -0.15) is 13.5 Å². The molecule has 0 saturated heterocycles. The number of nitrogens with one attached hydrogen (secondary N) is 1. The van der Waals surface area contributed by atoms with Gasteiger partial charge in [0.1, 0.15) is 16.3 Å². The Kier molecular flexibility index (Phi) is 5.54. The van der Waals surface area contributed by atoms with Crippen LogP contribution in [0, 0.1) is 20.2 Å². The van der Waals surface area contributed by atoms with Gasteiger partial charge in [-0.1, -0.05) is 12.1 Å². The van der Waals surface area contributed by atoms with Crippen molar-refractivity contribution < 1.29 is 23.0 Å². The van der Waals surface area contributed by atoms with Crippen LogP contribution in [-0.2, 0) is 10.0 Å². The van der Waals surface area contributed by atoms with Crippen molar-refractivity contribution in [2.75, 3.05) is 5.43 Å². The van der Waals surface area contributed by atoms with Crippen LogP contribution in [0.5, 0.6) is 5.75 Å². The summed E-state index contributed by atoms with van der Waals surface area (Å²) in [6.45, 7) is 0. The van der Waals surface area contributed by atoms with Crippen molar-refractivity contribution in [2.24, 2.45) is 9.50 Å². The number of benzene rings is 3. The summed E-state index contributed by atoms with van der Waals surface area (Å²) in [6.07, 6.45) is 1.38. The molecule has 1 heterocycles. The Labute approximate surface area is 186 Å². The fourth-order valence-corrected chi connectivity index (χ4v) is 4.07. The summed E-state index contributed by atoms with van der Waals surface area (Å²) in [6, 6.07) is 15.9. The van der Waals surface area contributed by atoms with Gasteiger partial charge in [-0.05, 0) is 48.0 Å². The molecular formula is C20H13N5O7S. The van der Waals surface area contributed by atoms with E-state index in [1.54, 1.807) is 42.5 Å². The van der Waals surface area contributed by atoms with Gasteiger partial charge < -0.3 is 4.74 Å². The molecule has 0 radical (unpaired) electrons. The quantitative estimate of drug-likeness (QED) is 0.327. The Hall–Kier alpha value is -4.65. The molecule has 0 bridgehead atoms. The number of nitro benzene ring substituents is 2. The lowest BCUT2D eigenvalue weighted by Gasteiger charge is -2.05. The average Bonchev–Trinajstić information content (AvgIpc) is 3.05. The molecule has 0 spiro atoms. The first-order chi connectivity index (χ1) is 15.7. The second kappa shape index (κ2) is 8.47. The number of hydrogen-bond donors (Lipinski definition) is 1. The van der Waals surface area contributed by atoms with Crippen molar-refractivity contribution in [3.8, 4) is 5.75 Å². The highest BCUT2D eigenvalue weighted by atomic mass is 32.2. The smallest absolute Gasteiger partial charge is 0.301 e. The normalized spacial score (nSPS) is 13.9. The molecule has 12 nitrogen and oxygen atoms in total. The van der Waals surface area contributed by atoms with Crippen molar-refractivity contribution in [1.29, 1.82) is 0 Å². The number of ether oxygens (including phenoxy) is 1. The molecule has 0 aromatic heterocycles. The minimum Gasteiger partial charge on any atom is -0.438 e. The zero-order valence-electron chi connectivity index (χ0n) is 16.5. The Bertz CT molecular complexity index is 1430. The first-order valence-electron chi connectivity index (χ1n) is 9.19. The van der Waals surface area contributed by atoms with E-state index in [1.807, 2.05) is 0 Å². The van der Waals surface area contributed by atoms with Gasteiger partial charge in [-0.3, -0.25) is 25.7 Å². The molecule has 3 aromatic rings. The summed E-state index contributed by atoms with van der Waals surface area (Å²) < 4.78 is 33.5. The van der Waals surface area contributed by atoms with Gasteiger partial charge in [0.2, 0.25) is 5.90 Å². The van der Waals surface area contributed by atoms with E-state index in [9.17, 15) is 28.6 Å². The van der Waals surface area contributed by atoms with Crippen molar-refractivity contribution >= 4 is 39.2 Å². The van der Waals surface area contributed by atoms with Crippen LogP contribution in [0.25, 0.3) is 0 Å². The molecule has 0 atom stereocenters. The second-order valence-corrected chi connectivity index (χ2v) is 8.20. The zero-order chi connectivity index (χ0) is 23.6. The van der Waals surface area contributed by atoms with E-state index in [0.717, 1.165) is 12.1 Å². The maximum absolute atomic E-state index is 12.1. The van der Waals surface area contributed by atoms with Gasteiger partial charge in [-0.25, -0.2) is 0 Å². The average molecular weight is 467 g/mol. The largest absolute Gasteiger partial charge is 0.438 e. The highest BCUT2D eigenvalue weighted by Gasteiger charge is 2.30. The van der Waals surface area contributed by atoms with E-state index in [0.29, 0.717) is 16.9 Å². The third-order valence-corrected chi connectivity index (χ3v) is 5.80. The third kappa shape index (κ3) is 4.52. The lowest BCUT2D eigenvalue weighted by molar-refractivity contribution is -0.393. The third-order valence-electron chi connectivity index (χ3n) is 4.48. The van der Waals surface area contributed by atoms with Gasteiger partial charge in [0.15, 0.2) is 0 Å². The number of fused-ring (bicyclic) bond motifs is 1. The summed E-state index contributed by atoms with van der Waals surface area (Å²) in [5.41, 5.74) is 2.55. The molecule has 33 heavy (non-hydrogen) atoms. The lowest BCUT2D eigenvalue weighted by atomic mass is 10.2. The number of anilines is 1. The Morgan fingerprint density at radius 2 is 1.70 bits per heavy atom. The van der Waals surface area contributed by atoms with Crippen molar-refractivity contribution in [3.05, 3.63) is 98.1 Å². The van der Waals surface area contributed by atoms with Crippen molar-refractivity contribution in [2.45, 2.75) is 4.90 Å². The van der Waals surface area contributed by atoms with E-state index in [1.165, 1.54) is 18.3 Å². The van der Waals surface area contributed by atoms with Gasteiger partial charge in [-0.15, -0.1) is 4.40 Å². The predicted octanol–water partition coefficient (Wildman–Crippen LogP) is 3.48. The van der Waals surface area contributed by atoms with E-state index in [-0.39, 0.29) is 16.5 Å². The number of sulfonamides is 1. The van der Waals surface area contributed by atoms with Crippen molar-refractivity contribution in [3.63, 3.8) is 0 Å². The molecule has 0 amide bonds. The molecular weight excluding hydrogens is 454 g/mol. The number of hydrogen-bond acceptors (Lipinski definition) is 9. The molecule has 0 unspecified atom stereocenters. The van der Waals surface area contributed by atoms with Gasteiger partial charge in [0, 0.05) is 6.07 Å². The molecule has 13 heteroatoms. The SMILES string of the molecule is O=[N+]([O-])c1ccc(NN=Cc2ccc(OC3=NS(=O)(=O)c4ccccc43)cc2)c([N+](=O)[O-])c1. The van der Waals surface area contributed by atoms with Crippen molar-refractivity contribution in [1.82, 2.24) is 0 Å². The van der Waals surface area contributed by atoms with Crippen LogP contribution in [0.15, 0.2) is 81.1 Å². The van der Waals surface area contributed by atoms with Gasteiger partial charge >= 0.3 is 5.69 Å². The Morgan fingerprint density at radius 1 is 0.970 bits per heavy atom. The highest BCUT2D eigenvalue weighted by Crippen LogP contribution is 2.29. The van der Waals surface area contributed by atoms with E-state index in [4.69, 9.17) is 4.74 Å². The number of rotatable bonds is 6. The standard InChI is InChI=1S/C20H13N5O7S/c26-24(27)14-7-10-17(18(11-14)25(28)29)22-21-12-13-5-8-15(9-6-13)32-20-16-3-1-2-4-19(16)33(30,31)23-20/h1-12,22H. The van der Waals surface area contributed by atoms with Crippen LogP contribution in [-0.4, -0.2) is 30.4 Å². The number of hydrazone groups is 1. The Balaban J connectivity index is 1.46. The van der Waals surface area contributed by atoms with Crippen LogP contribution >= 0.6 is 0 Å². The summed E-state index contributed by atoms with van der Waals surface area (Å²) >= 11 is 0. The fraction of sp³-hybridized carbons (Fsp3) is 0. The molecule has 1 aliphatic rings. The molecule has 1 aliphatic heterocycles. The minimum atomic E-state index is -3.79. The highest BCUT2D eigenvalue weighted by molar-refractivity contribution is 7.90. The fourth-order valence-electron chi connectivity index (χ4n) is 2.94. The van der Waals surface area contributed by atoms with Crippen LogP contribution in [0.4, 0.5) is 17.1 Å². The number of non-ortho nitro benzene ring substituents is 1. The Morgan fingerprint density at radius 3 is 2.39 bits per heavy atom. The summed E-state index contributed by atoms with van der Waals surface area (Å²) in [4.78, 5) is 20.6. The van der Waals surface area contributed by atoms with Crippen LogP contribution < -0.4 is 10.2 Å². The molecule has 0 saturated carbocycles. The lowest BCUT2D eigenvalue weighted by Crippen LogP contribution is -2.07. The molecule has 1 N–H and O–H groups in total. The first-order valence-corrected chi connectivity index (χ1v) is 10.6. The second-order valence-electron chi connectivity index (χ2n) is 6.62. The van der Waals surface area contributed by atoms with Crippen LogP contribution in [0.2, 0.25) is 0 Å². The molecule has 4 rings (SSSR count). The van der Waals surface area contributed by atoms with E-state index in [2.05, 4.69) is 14.9 Å². The number of nitrogens with zero attached hydrogens (tertiary/aromatic N) is 4. The molecule has 3 aromatic carbocycles. The monoisotopic (exact) mass is 467 g/mol. The molecule has 0 aliphatic carbocycles. The topological polar surface area (TPSA) is 166 Å². The predicted molar refractivity (Wildman–Crippen MR) is 118 cm³/mol. The van der Waals surface area contributed by atoms with E-state index < -0.39 is 31.2 Å². The minimum absolute atomic E-state index is 0.0130. The summed E-state index contributed by atoms with van der Waals surface area (Å²) in [7, 11) is -3.79. The molecule has 0 fully saturated rings. The summed E-state index contributed by atoms with van der Waals surface area (Å²) in [5, 5.41) is 25.9. The van der Waals surface area contributed by atoms with E-state index >= 15 is 0 Å². The number of nitro groups is 2. The summed E-state index contributed by atoms with van der Waals surface area (Å²) in [5.74, 6) is 0.316. The van der Waals surface area contributed by atoms with Gasteiger partial charge in [0.25, 0.3) is 15.7 Å². The molecule has 166 valence electrons.